The van der Waals surface area contributed by atoms with Gasteiger partial charge in [0.15, 0.2) is 0 Å². The van der Waals surface area contributed by atoms with Crippen molar-refractivity contribution in [3.05, 3.63) is 64.4 Å². The molecule has 1 saturated heterocycles. The third kappa shape index (κ3) is 7.07. The molecule has 2 aromatic carbocycles. The third-order valence-electron chi connectivity index (χ3n) is 5.31. The van der Waals surface area contributed by atoms with Crippen molar-refractivity contribution in [2.45, 2.75) is 24.9 Å². The number of alkyl halides is 6. The van der Waals surface area contributed by atoms with E-state index in [-0.39, 0.29) is 36.0 Å². The number of amides is 1. The molecule has 1 amide bonds. The molecule has 1 heterocycles. The van der Waals surface area contributed by atoms with Crippen molar-refractivity contribution in [2.75, 3.05) is 31.6 Å². The highest BCUT2D eigenvalue weighted by Gasteiger charge is 2.42. The maximum atomic E-state index is 13.7. The van der Waals surface area contributed by atoms with Gasteiger partial charge in [-0.15, -0.1) is 0 Å². The highest BCUT2D eigenvalue weighted by atomic mass is 35.5. The monoisotopic (exact) mass is 512 g/mol. The summed E-state index contributed by atoms with van der Waals surface area (Å²) in [6.07, 6.45) is -11.0. The predicted molar refractivity (Wildman–Crippen MR) is 111 cm³/mol. The van der Waals surface area contributed by atoms with Crippen LogP contribution in [0.15, 0.2) is 42.5 Å². The fourth-order valence-corrected chi connectivity index (χ4v) is 3.71. The van der Waals surface area contributed by atoms with Crippen LogP contribution in [0.2, 0.25) is 5.02 Å². The third-order valence-corrected chi connectivity index (χ3v) is 5.62. The zero-order valence-corrected chi connectivity index (χ0v) is 18.3. The van der Waals surface area contributed by atoms with E-state index in [2.05, 4.69) is 5.32 Å². The summed E-state index contributed by atoms with van der Waals surface area (Å²) in [6.45, 7) is -0.490. The lowest BCUT2D eigenvalue weighted by Gasteiger charge is -2.35. The first-order valence-corrected chi connectivity index (χ1v) is 10.5. The van der Waals surface area contributed by atoms with Gasteiger partial charge in [-0.2, -0.15) is 26.3 Å². The second-order valence-electron chi connectivity index (χ2n) is 7.86. The average Bonchev–Trinajstić information content (AvgIpc) is 2.75. The first kappa shape index (κ1) is 26.2. The highest BCUT2D eigenvalue weighted by Crippen LogP contribution is 2.34. The van der Waals surface area contributed by atoms with Crippen LogP contribution in [0.5, 0.6) is 0 Å². The summed E-state index contributed by atoms with van der Waals surface area (Å²) >= 11 is 5.55. The number of hydrogen-bond donors (Lipinski definition) is 1. The van der Waals surface area contributed by atoms with Gasteiger partial charge in [-0.05, 0) is 35.9 Å². The number of halogens is 8. The van der Waals surface area contributed by atoms with Crippen molar-refractivity contribution in [3.63, 3.8) is 0 Å². The van der Waals surface area contributed by atoms with Gasteiger partial charge in [0.05, 0.1) is 29.2 Å². The van der Waals surface area contributed by atoms with Gasteiger partial charge in [-0.1, -0.05) is 23.7 Å². The van der Waals surface area contributed by atoms with Crippen LogP contribution < -0.4 is 5.32 Å². The van der Waals surface area contributed by atoms with E-state index in [1.807, 2.05) is 0 Å². The van der Waals surface area contributed by atoms with Crippen molar-refractivity contribution >= 4 is 23.2 Å². The van der Waals surface area contributed by atoms with Crippen LogP contribution in [0.3, 0.4) is 0 Å². The minimum absolute atomic E-state index is 0.0156. The minimum Gasteiger partial charge on any atom is -0.371 e. The molecule has 1 fully saturated rings. The Morgan fingerprint density at radius 1 is 1.15 bits per heavy atom. The SMILES string of the molecule is O=C(C[C@@H](CN1CCO[C@H](c2cccc(C(F)(F)F)c2)C1)C(F)(F)F)Nc1ccc(Cl)c(F)c1. The molecule has 0 aromatic heterocycles. The smallest absolute Gasteiger partial charge is 0.371 e. The van der Waals surface area contributed by atoms with Crippen LogP contribution in [0.1, 0.15) is 23.7 Å². The van der Waals surface area contributed by atoms with Gasteiger partial charge in [0.2, 0.25) is 5.91 Å². The number of rotatable bonds is 6. The summed E-state index contributed by atoms with van der Waals surface area (Å²) in [6, 6.07) is 7.75. The first-order valence-electron chi connectivity index (χ1n) is 10.2. The van der Waals surface area contributed by atoms with Gasteiger partial charge in [-0.3, -0.25) is 9.69 Å². The Morgan fingerprint density at radius 3 is 2.53 bits per heavy atom. The summed E-state index contributed by atoms with van der Waals surface area (Å²) in [5.41, 5.74) is -0.719. The molecule has 1 aliphatic rings. The lowest BCUT2D eigenvalue weighted by molar-refractivity contribution is -0.185. The molecule has 2 aromatic rings. The van der Waals surface area contributed by atoms with Gasteiger partial charge in [0, 0.05) is 31.7 Å². The number of morpholine rings is 1. The molecular weight excluding hydrogens is 493 g/mol. The Hall–Kier alpha value is -2.37. The Balaban J connectivity index is 1.66. The molecule has 1 N–H and O–H groups in total. The molecule has 186 valence electrons. The zero-order chi connectivity index (χ0) is 25.1. The molecule has 34 heavy (non-hydrogen) atoms. The molecule has 1 aliphatic heterocycles. The number of nitrogens with one attached hydrogen (secondary N) is 1. The summed E-state index contributed by atoms with van der Waals surface area (Å²) in [4.78, 5) is 13.6. The molecule has 2 atom stereocenters. The molecular formula is C22H20ClF7N2O2. The van der Waals surface area contributed by atoms with E-state index < -0.39 is 54.6 Å². The number of hydrogen-bond acceptors (Lipinski definition) is 3. The van der Waals surface area contributed by atoms with Gasteiger partial charge >= 0.3 is 12.4 Å². The number of ether oxygens (including phenoxy) is 1. The van der Waals surface area contributed by atoms with Gasteiger partial charge in [0.25, 0.3) is 0 Å². The molecule has 0 radical (unpaired) electrons. The number of benzene rings is 2. The van der Waals surface area contributed by atoms with Crippen molar-refractivity contribution < 1.29 is 40.3 Å². The Labute approximate surface area is 195 Å². The van der Waals surface area contributed by atoms with Crippen LogP contribution in [0.4, 0.5) is 36.4 Å². The Morgan fingerprint density at radius 2 is 1.88 bits per heavy atom. The van der Waals surface area contributed by atoms with E-state index in [0.717, 1.165) is 24.3 Å². The minimum atomic E-state index is -4.72. The normalized spacial score (nSPS) is 18.5. The number of nitrogens with zero attached hydrogens (tertiary/aromatic N) is 1. The van der Waals surface area contributed by atoms with Crippen molar-refractivity contribution in [3.8, 4) is 0 Å². The Kier molecular flexibility index (Phi) is 8.10. The number of carbonyl (C=O) groups excluding carboxylic acids is 1. The maximum Gasteiger partial charge on any atom is 0.416 e. The van der Waals surface area contributed by atoms with E-state index in [1.165, 1.54) is 23.1 Å². The van der Waals surface area contributed by atoms with Crippen LogP contribution >= 0.6 is 11.6 Å². The van der Waals surface area contributed by atoms with Gasteiger partial charge < -0.3 is 10.1 Å². The van der Waals surface area contributed by atoms with E-state index in [0.29, 0.717) is 0 Å². The molecule has 12 heteroatoms. The van der Waals surface area contributed by atoms with Crippen LogP contribution in [0, 0.1) is 11.7 Å². The quantitative estimate of drug-likeness (QED) is 0.477. The average molecular weight is 513 g/mol. The van der Waals surface area contributed by atoms with Gasteiger partial charge in [-0.25, -0.2) is 4.39 Å². The second kappa shape index (κ2) is 10.5. The van der Waals surface area contributed by atoms with Crippen LogP contribution in [0.25, 0.3) is 0 Å². The molecule has 0 bridgehead atoms. The standard InChI is InChI=1S/C22H20ClF7N2O2/c23-17-5-4-16(10-18(17)24)31-20(33)9-15(22(28,29)30)11-32-6-7-34-19(12-32)13-2-1-3-14(8-13)21(25,26)27/h1-5,8,10,15,19H,6-7,9,11-12H2,(H,31,33)/t15-,19-/m0/s1. The summed E-state index contributed by atoms with van der Waals surface area (Å²) in [5.74, 6) is -3.85. The fourth-order valence-electron chi connectivity index (χ4n) is 3.59. The predicted octanol–water partition coefficient (Wildman–Crippen LogP) is 6.08. The topological polar surface area (TPSA) is 41.6 Å². The first-order chi connectivity index (χ1) is 15.8. The maximum absolute atomic E-state index is 13.7. The fraction of sp³-hybridized carbons (Fsp3) is 0.409. The molecule has 4 nitrogen and oxygen atoms in total. The summed E-state index contributed by atoms with van der Waals surface area (Å²) in [5, 5.41) is 2.02. The van der Waals surface area contributed by atoms with E-state index in [4.69, 9.17) is 16.3 Å². The van der Waals surface area contributed by atoms with Gasteiger partial charge in [0.1, 0.15) is 5.82 Å². The molecule has 0 saturated carbocycles. The summed E-state index contributed by atoms with van der Waals surface area (Å²) < 4.78 is 99.0. The van der Waals surface area contributed by atoms with Crippen molar-refractivity contribution in [1.82, 2.24) is 4.90 Å². The lowest BCUT2D eigenvalue weighted by atomic mass is 10.0. The second-order valence-corrected chi connectivity index (χ2v) is 8.27. The molecule has 0 unspecified atom stereocenters. The van der Waals surface area contributed by atoms with E-state index >= 15 is 0 Å². The molecule has 0 aliphatic carbocycles. The highest BCUT2D eigenvalue weighted by molar-refractivity contribution is 6.30. The van der Waals surface area contributed by atoms with Crippen molar-refractivity contribution in [1.29, 1.82) is 0 Å². The molecule has 0 spiro atoms. The van der Waals surface area contributed by atoms with Crippen LogP contribution in [-0.4, -0.2) is 43.2 Å². The van der Waals surface area contributed by atoms with E-state index in [1.54, 1.807) is 0 Å². The van der Waals surface area contributed by atoms with E-state index in [9.17, 15) is 35.5 Å². The lowest BCUT2D eigenvalue weighted by Crippen LogP contribution is -2.44. The number of anilines is 1. The summed E-state index contributed by atoms with van der Waals surface area (Å²) in [7, 11) is 0. The largest absolute Gasteiger partial charge is 0.416 e. The van der Waals surface area contributed by atoms with Crippen LogP contribution in [-0.2, 0) is 15.7 Å². The van der Waals surface area contributed by atoms with Crippen molar-refractivity contribution in [2.24, 2.45) is 5.92 Å². The molecule has 3 rings (SSSR count). The Bertz CT molecular complexity index is 1010. The number of carbonyl (C=O) groups is 1. The zero-order valence-electron chi connectivity index (χ0n) is 17.5.